The quantitative estimate of drug-likeness (QED) is 0.288. The minimum atomic E-state index is -0.0173. The van der Waals surface area contributed by atoms with Crippen LogP contribution in [0, 0.1) is 0 Å². The van der Waals surface area contributed by atoms with Crippen LogP contribution < -0.4 is 5.32 Å². The second kappa shape index (κ2) is 7.57. The first kappa shape index (κ1) is 17.7. The zero-order valence-corrected chi connectivity index (χ0v) is 16.4. The predicted octanol–water partition coefficient (Wildman–Crippen LogP) is 6.27. The summed E-state index contributed by atoms with van der Waals surface area (Å²) in [5, 5.41) is 7.40. The molecule has 0 bridgehead atoms. The number of nitrogens with one attached hydrogen (secondary N) is 1. The number of carbonyl (C=O) groups excluding carboxylic acids is 1. The van der Waals surface area contributed by atoms with Crippen LogP contribution in [0.2, 0.25) is 0 Å². The lowest BCUT2D eigenvalue weighted by Gasteiger charge is -2.11. The minimum absolute atomic E-state index is 0.0173. The lowest BCUT2D eigenvalue weighted by atomic mass is 10.1. The Hall–Kier alpha value is -3.37. The van der Waals surface area contributed by atoms with Crippen LogP contribution in [-0.2, 0) is 4.79 Å². The fourth-order valence-corrected chi connectivity index (χ4v) is 4.62. The van der Waals surface area contributed by atoms with Crippen molar-refractivity contribution in [1.82, 2.24) is 4.98 Å². The molecule has 5 rings (SSSR count). The van der Waals surface area contributed by atoms with Gasteiger partial charge in [-0.3, -0.25) is 4.79 Å². The van der Waals surface area contributed by atoms with E-state index < -0.39 is 0 Å². The molecule has 3 nitrogen and oxygen atoms in total. The summed E-state index contributed by atoms with van der Waals surface area (Å²) in [7, 11) is 0. The highest BCUT2D eigenvalue weighted by Gasteiger charge is 2.12. The van der Waals surface area contributed by atoms with Crippen LogP contribution >= 0.6 is 11.8 Å². The summed E-state index contributed by atoms with van der Waals surface area (Å²) in [6.07, 6.45) is 0. The largest absolute Gasteiger partial charge is 0.325 e. The van der Waals surface area contributed by atoms with Gasteiger partial charge in [0.2, 0.25) is 5.91 Å². The molecule has 1 aromatic heterocycles. The van der Waals surface area contributed by atoms with Crippen molar-refractivity contribution in [1.29, 1.82) is 0 Å². The predicted molar refractivity (Wildman–Crippen MR) is 123 cm³/mol. The molecule has 0 aliphatic carbocycles. The number of nitrogens with zero attached hydrogens (tertiary/aromatic N) is 1. The van der Waals surface area contributed by atoms with Gasteiger partial charge in [-0.25, -0.2) is 4.98 Å². The summed E-state index contributed by atoms with van der Waals surface area (Å²) in [6.45, 7) is 0. The molecule has 1 N–H and O–H groups in total. The smallest absolute Gasteiger partial charge is 0.234 e. The number of carbonyl (C=O) groups is 1. The van der Waals surface area contributed by atoms with Gasteiger partial charge in [0.05, 0.1) is 16.8 Å². The lowest BCUT2D eigenvalue weighted by Crippen LogP contribution is -2.14. The maximum absolute atomic E-state index is 12.8. The van der Waals surface area contributed by atoms with E-state index in [-0.39, 0.29) is 5.91 Å². The maximum Gasteiger partial charge on any atom is 0.234 e. The molecule has 4 heteroatoms. The molecule has 0 aliphatic rings. The summed E-state index contributed by atoms with van der Waals surface area (Å²) in [5.41, 5.74) is 2.74. The van der Waals surface area contributed by atoms with Crippen molar-refractivity contribution in [2.75, 3.05) is 11.1 Å². The van der Waals surface area contributed by atoms with Crippen molar-refractivity contribution in [3.8, 4) is 0 Å². The van der Waals surface area contributed by atoms with Gasteiger partial charge in [-0.1, -0.05) is 72.8 Å². The van der Waals surface area contributed by atoms with Crippen molar-refractivity contribution in [3.63, 3.8) is 0 Å². The van der Waals surface area contributed by atoms with E-state index in [1.54, 1.807) is 11.8 Å². The van der Waals surface area contributed by atoms with Gasteiger partial charge in [0.1, 0.15) is 0 Å². The van der Waals surface area contributed by atoms with Gasteiger partial charge in [-0.05, 0) is 23.6 Å². The van der Waals surface area contributed by atoms with E-state index in [4.69, 9.17) is 4.98 Å². The second-order valence-corrected chi connectivity index (χ2v) is 7.82. The first-order chi connectivity index (χ1) is 14.3. The van der Waals surface area contributed by atoms with Gasteiger partial charge < -0.3 is 5.32 Å². The molecule has 0 radical (unpaired) electrons. The van der Waals surface area contributed by atoms with E-state index in [0.29, 0.717) is 5.75 Å². The normalized spacial score (nSPS) is 11.2. The third-order valence-electron chi connectivity index (χ3n) is 4.95. The minimum Gasteiger partial charge on any atom is -0.325 e. The monoisotopic (exact) mass is 394 g/mol. The zero-order valence-electron chi connectivity index (χ0n) is 15.6. The Kier molecular flexibility index (Phi) is 4.62. The van der Waals surface area contributed by atoms with Gasteiger partial charge in [-0.15, -0.1) is 11.8 Å². The first-order valence-corrected chi connectivity index (χ1v) is 10.5. The standard InChI is InChI=1S/C25H18N2OS/c28-24(27-21-15-7-9-17-8-1-2-10-18(17)21)16-29-25-19-11-3-5-13-22(19)26-23-14-6-4-12-20(23)25/h1-15H,16H2,(H,27,28). The second-order valence-electron chi connectivity index (χ2n) is 6.84. The van der Waals surface area contributed by atoms with Crippen LogP contribution in [0.1, 0.15) is 0 Å². The zero-order chi connectivity index (χ0) is 19.6. The number of amides is 1. The number of pyridine rings is 1. The number of thioether (sulfide) groups is 1. The molecular weight excluding hydrogens is 376 g/mol. The van der Waals surface area contributed by atoms with Crippen molar-refractivity contribution >= 4 is 55.9 Å². The molecular formula is C25H18N2OS. The molecule has 0 saturated heterocycles. The molecule has 0 spiro atoms. The number of anilines is 1. The van der Waals surface area contributed by atoms with Gasteiger partial charge in [-0.2, -0.15) is 0 Å². The average molecular weight is 394 g/mol. The van der Waals surface area contributed by atoms with Crippen LogP contribution in [0.5, 0.6) is 0 Å². The van der Waals surface area contributed by atoms with Crippen molar-refractivity contribution in [2.24, 2.45) is 0 Å². The Morgan fingerprint density at radius 2 is 1.31 bits per heavy atom. The molecule has 1 heterocycles. The summed E-state index contributed by atoms with van der Waals surface area (Å²) >= 11 is 1.56. The lowest BCUT2D eigenvalue weighted by molar-refractivity contribution is -0.113. The van der Waals surface area contributed by atoms with Gasteiger partial charge >= 0.3 is 0 Å². The van der Waals surface area contributed by atoms with Crippen LogP contribution in [0.3, 0.4) is 0 Å². The fourth-order valence-electron chi connectivity index (χ4n) is 3.62. The number of para-hydroxylation sites is 2. The van der Waals surface area contributed by atoms with E-state index in [1.807, 2.05) is 66.7 Å². The third-order valence-corrected chi connectivity index (χ3v) is 6.08. The number of fused-ring (bicyclic) bond motifs is 3. The number of rotatable bonds is 4. The summed E-state index contributed by atoms with van der Waals surface area (Å²) in [6, 6.07) is 30.2. The Morgan fingerprint density at radius 1 is 0.724 bits per heavy atom. The number of hydrogen-bond acceptors (Lipinski definition) is 3. The first-order valence-electron chi connectivity index (χ1n) is 9.47. The topological polar surface area (TPSA) is 42.0 Å². The number of benzene rings is 4. The van der Waals surface area contributed by atoms with Gasteiger partial charge in [0.25, 0.3) is 0 Å². The molecule has 0 atom stereocenters. The van der Waals surface area contributed by atoms with Gasteiger partial charge in [0.15, 0.2) is 0 Å². The highest BCUT2D eigenvalue weighted by atomic mass is 32.2. The number of aromatic nitrogens is 1. The van der Waals surface area contributed by atoms with E-state index >= 15 is 0 Å². The Bertz CT molecular complexity index is 1300. The van der Waals surface area contributed by atoms with Crippen LogP contribution in [0.25, 0.3) is 32.6 Å². The molecule has 5 aromatic rings. The number of hydrogen-bond donors (Lipinski definition) is 1. The molecule has 0 saturated carbocycles. The van der Waals surface area contributed by atoms with Crippen molar-refractivity contribution in [2.45, 2.75) is 4.90 Å². The fraction of sp³-hybridized carbons (Fsp3) is 0.0400. The SMILES string of the molecule is O=C(CSc1c2ccccc2nc2ccccc12)Nc1cccc2ccccc12. The molecule has 1 amide bonds. The van der Waals surface area contributed by atoms with E-state index in [2.05, 4.69) is 29.6 Å². The average Bonchev–Trinajstić information content (AvgIpc) is 2.77. The Balaban J connectivity index is 1.45. The summed E-state index contributed by atoms with van der Waals surface area (Å²) in [4.78, 5) is 18.6. The van der Waals surface area contributed by atoms with Crippen LogP contribution in [0.4, 0.5) is 5.69 Å². The Morgan fingerprint density at radius 3 is 2.03 bits per heavy atom. The highest BCUT2D eigenvalue weighted by molar-refractivity contribution is 8.00. The molecule has 4 aromatic carbocycles. The third kappa shape index (κ3) is 3.43. The van der Waals surface area contributed by atoms with Crippen LogP contribution in [-0.4, -0.2) is 16.6 Å². The van der Waals surface area contributed by atoms with E-state index in [9.17, 15) is 4.79 Å². The van der Waals surface area contributed by atoms with E-state index in [1.165, 1.54) is 0 Å². The highest BCUT2D eigenvalue weighted by Crippen LogP contribution is 2.34. The molecule has 29 heavy (non-hydrogen) atoms. The maximum atomic E-state index is 12.8. The molecule has 0 unspecified atom stereocenters. The van der Waals surface area contributed by atoms with Crippen molar-refractivity contribution < 1.29 is 4.79 Å². The molecule has 0 fully saturated rings. The van der Waals surface area contributed by atoms with Gasteiger partial charge in [0, 0.05) is 26.7 Å². The Labute approximate surface area is 172 Å². The summed E-state index contributed by atoms with van der Waals surface area (Å²) in [5.74, 6) is 0.317. The van der Waals surface area contributed by atoms with Crippen molar-refractivity contribution in [3.05, 3.63) is 91.0 Å². The molecule has 0 aliphatic heterocycles. The summed E-state index contributed by atoms with van der Waals surface area (Å²) < 4.78 is 0. The van der Waals surface area contributed by atoms with E-state index in [0.717, 1.165) is 43.2 Å². The molecule has 140 valence electrons. The van der Waals surface area contributed by atoms with Crippen LogP contribution in [0.15, 0.2) is 95.9 Å².